The van der Waals surface area contributed by atoms with Crippen LogP contribution in [0.25, 0.3) is 0 Å². The van der Waals surface area contributed by atoms with Gasteiger partial charge < -0.3 is 29.0 Å². The summed E-state index contributed by atoms with van der Waals surface area (Å²) in [5.74, 6) is 2.92. The van der Waals surface area contributed by atoms with Gasteiger partial charge in [-0.3, -0.25) is 0 Å². The summed E-state index contributed by atoms with van der Waals surface area (Å²) in [4.78, 5) is 42.9. The fourth-order valence-corrected chi connectivity index (χ4v) is 4.95. The summed E-state index contributed by atoms with van der Waals surface area (Å²) in [6, 6.07) is 11.6. The molecule has 1 N–H and O–H groups in total. The van der Waals surface area contributed by atoms with E-state index in [4.69, 9.17) is 20.6 Å². The van der Waals surface area contributed by atoms with Crippen LogP contribution < -0.4 is 0 Å². The number of carbonyl (C=O) groups excluding carboxylic acids is 3. The number of hydrogen-bond acceptors (Lipinski definition) is 6. The Morgan fingerprint density at radius 3 is 1.84 bits per heavy atom. The van der Waals surface area contributed by atoms with Crippen molar-refractivity contribution in [2.24, 2.45) is 5.92 Å². The maximum atomic E-state index is 12.5. The highest BCUT2D eigenvalue weighted by Crippen LogP contribution is 2.31. The zero-order valence-electron chi connectivity index (χ0n) is 26.5. The van der Waals surface area contributed by atoms with Gasteiger partial charge in [0, 0.05) is 38.3 Å². The smallest absolute Gasteiger partial charge is 0.410 e. The minimum Gasteiger partial charge on any atom is -0.456 e. The van der Waals surface area contributed by atoms with Crippen LogP contribution >= 0.6 is 0 Å². The number of piperidine rings is 2. The molecular formula is C34H47N3O6. The van der Waals surface area contributed by atoms with Crippen molar-refractivity contribution >= 4 is 18.2 Å². The molecule has 234 valence electrons. The number of amides is 2. The summed E-state index contributed by atoms with van der Waals surface area (Å²) in [5, 5.41) is 0. The van der Waals surface area contributed by atoms with Crippen LogP contribution in [0.1, 0.15) is 94.8 Å². The first-order chi connectivity index (χ1) is 20.3. The van der Waals surface area contributed by atoms with Crippen LogP contribution in [0.4, 0.5) is 9.59 Å². The molecule has 2 amide bonds. The van der Waals surface area contributed by atoms with Crippen molar-refractivity contribution in [1.29, 1.82) is 0 Å². The summed E-state index contributed by atoms with van der Waals surface area (Å²) >= 11 is 0. The Hall–Kier alpha value is -3.93. The zero-order valence-corrected chi connectivity index (χ0v) is 26.5. The highest BCUT2D eigenvalue weighted by atomic mass is 16.6. The van der Waals surface area contributed by atoms with Crippen molar-refractivity contribution in [3.8, 4) is 12.3 Å². The summed E-state index contributed by atoms with van der Waals surface area (Å²) in [6.07, 6.45) is 9.96. The van der Waals surface area contributed by atoms with E-state index in [2.05, 4.69) is 10.9 Å². The lowest BCUT2D eigenvalue weighted by Gasteiger charge is -2.33. The third-order valence-electron chi connectivity index (χ3n) is 7.16. The number of terminal acetylenes is 1. The van der Waals surface area contributed by atoms with Crippen LogP contribution in [0.2, 0.25) is 0 Å². The van der Waals surface area contributed by atoms with E-state index in [1.165, 1.54) is 0 Å². The number of benzene rings is 1. The lowest BCUT2D eigenvalue weighted by Crippen LogP contribution is -2.41. The molecule has 0 aliphatic carbocycles. The Morgan fingerprint density at radius 2 is 1.35 bits per heavy atom. The Labute approximate surface area is 256 Å². The summed E-state index contributed by atoms with van der Waals surface area (Å²) in [6.45, 7) is 14.1. The number of nitrogens with one attached hydrogen (secondary N) is 1. The largest absolute Gasteiger partial charge is 0.456 e. The fourth-order valence-electron chi connectivity index (χ4n) is 4.95. The highest BCUT2D eigenvalue weighted by molar-refractivity contribution is 5.89. The second-order valence-electron chi connectivity index (χ2n) is 13.0. The second kappa shape index (κ2) is 15.0. The normalized spacial score (nSPS) is 16.4. The van der Waals surface area contributed by atoms with Gasteiger partial charge in [-0.1, -0.05) is 30.3 Å². The van der Waals surface area contributed by atoms with Gasteiger partial charge in [-0.2, -0.15) is 0 Å². The molecule has 3 heterocycles. The van der Waals surface area contributed by atoms with Gasteiger partial charge in [-0.05, 0) is 90.3 Å². The maximum absolute atomic E-state index is 12.5. The van der Waals surface area contributed by atoms with Crippen LogP contribution in [0.5, 0.6) is 0 Å². The number of H-pyrrole nitrogens is 1. The number of hydrogen-bond donors (Lipinski definition) is 1. The molecule has 2 fully saturated rings. The Balaban J connectivity index is 0.000000285. The van der Waals surface area contributed by atoms with Crippen LogP contribution in [0.3, 0.4) is 0 Å². The third kappa shape index (κ3) is 11.0. The van der Waals surface area contributed by atoms with Gasteiger partial charge in [0.2, 0.25) is 0 Å². The molecule has 0 saturated carbocycles. The SMILES string of the molecule is C#CC1CCN(C(=O)OC(C)(C)C)CC1.CC(C)(C)OC(=O)N1CCC(c2cc[nH]c2C(=O)OCc2ccccc2)CC1. The first-order valence-corrected chi connectivity index (χ1v) is 15.1. The van der Waals surface area contributed by atoms with E-state index in [1.807, 2.05) is 77.9 Å². The molecule has 43 heavy (non-hydrogen) atoms. The van der Waals surface area contributed by atoms with Gasteiger partial charge in [0.05, 0.1) is 0 Å². The molecule has 9 heteroatoms. The van der Waals surface area contributed by atoms with E-state index >= 15 is 0 Å². The lowest BCUT2D eigenvalue weighted by atomic mass is 9.89. The van der Waals surface area contributed by atoms with Crippen LogP contribution in [0.15, 0.2) is 42.6 Å². The van der Waals surface area contributed by atoms with Crippen molar-refractivity contribution in [2.45, 2.75) is 91.0 Å². The van der Waals surface area contributed by atoms with Gasteiger partial charge in [0.1, 0.15) is 23.5 Å². The minimum atomic E-state index is -0.496. The summed E-state index contributed by atoms with van der Waals surface area (Å²) in [7, 11) is 0. The molecule has 4 rings (SSSR count). The first-order valence-electron chi connectivity index (χ1n) is 15.1. The van der Waals surface area contributed by atoms with Gasteiger partial charge in [0.25, 0.3) is 0 Å². The predicted molar refractivity (Wildman–Crippen MR) is 166 cm³/mol. The topological polar surface area (TPSA) is 101 Å². The van der Waals surface area contributed by atoms with Crippen molar-refractivity contribution in [3.05, 3.63) is 59.4 Å². The Kier molecular flexibility index (Phi) is 11.7. The van der Waals surface area contributed by atoms with Crippen molar-refractivity contribution in [2.75, 3.05) is 26.2 Å². The summed E-state index contributed by atoms with van der Waals surface area (Å²) < 4.78 is 16.2. The molecule has 2 aliphatic rings. The standard InChI is InChI=1S/C22H28N2O4.C12H19NO2/c1-22(2,3)28-21(26)24-13-10-17(11-14-24)18-9-12-23-19(18)20(25)27-15-16-7-5-4-6-8-16;1-5-10-6-8-13(9-7-10)11(14)15-12(2,3)4/h4-9,12,17,23H,10-11,13-15H2,1-3H3;1,10H,6-9H2,2-4H3. The minimum absolute atomic E-state index is 0.212. The van der Waals surface area contributed by atoms with Crippen LogP contribution in [-0.2, 0) is 20.8 Å². The molecule has 2 aromatic rings. The molecule has 0 spiro atoms. The monoisotopic (exact) mass is 593 g/mol. The molecule has 0 atom stereocenters. The van der Waals surface area contributed by atoms with Gasteiger partial charge in [-0.15, -0.1) is 12.3 Å². The number of nitrogens with zero attached hydrogens (tertiary/aromatic N) is 2. The molecular weight excluding hydrogens is 546 g/mol. The average Bonchev–Trinajstić information content (AvgIpc) is 3.45. The fraction of sp³-hybridized carbons (Fsp3) is 0.559. The van der Waals surface area contributed by atoms with Crippen LogP contribution in [-0.4, -0.2) is 70.3 Å². The van der Waals surface area contributed by atoms with Gasteiger partial charge in [0.15, 0.2) is 0 Å². The molecule has 2 saturated heterocycles. The highest BCUT2D eigenvalue weighted by Gasteiger charge is 2.30. The number of ether oxygens (including phenoxy) is 3. The van der Waals surface area contributed by atoms with Crippen molar-refractivity contribution in [1.82, 2.24) is 14.8 Å². The van der Waals surface area contributed by atoms with E-state index < -0.39 is 11.2 Å². The molecule has 0 bridgehead atoms. The quantitative estimate of drug-likeness (QED) is 0.239. The first kappa shape index (κ1) is 33.6. The Morgan fingerprint density at radius 1 is 0.837 bits per heavy atom. The van der Waals surface area contributed by atoms with Crippen molar-refractivity contribution < 1.29 is 28.6 Å². The third-order valence-corrected chi connectivity index (χ3v) is 7.16. The number of likely N-dealkylation sites (tertiary alicyclic amines) is 2. The zero-order chi connectivity index (χ0) is 31.6. The van der Waals surface area contributed by atoms with Crippen LogP contribution in [0, 0.1) is 18.3 Å². The van der Waals surface area contributed by atoms with E-state index in [9.17, 15) is 14.4 Å². The van der Waals surface area contributed by atoms with E-state index in [1.54, 1.807) is 16.0 Å². The molecule has 2 aliphatic heterocycles. The van der Waals surface area contributed by atoms with E-state index in [0.717, 1.165) is 36.8 Å². The second-order valence-corrected chi connectivity index (χ2v) is 13.0. The number of rotatable bonds is 4. The summed E-state index contributed by atoms with van der Waals surface area (Å²) in [5.41, 5.74) is 1.51. The number of esters is 1. The molecule has 1 aromatic carbocycles. The van der Waals surface area contributed by atoms with E-state index in [-0.39, 0.29) is 30.7 Å². The van der Waals surface area contributed by atoms with E-state index in [0.29, 0.717) is 37.8 Å². The number of aromatic nitrogens is 1. The maximum Gasteiger partial charge on any atom is 0.410 e. The number of aromatic amines is 1. The molecule has 0 radical (unpaired) electrons. The van der Waals surface area contributed by atoms with Gasteiger partial charge >= 0.3 is 18.2 Å². The lowest BCUT2D eigenvalue weighted by molar-refractivity contribution is 0.0191. The van der Waals surface area contributed by atoms with Crippen molar-refractivity contribution in [3.63, 3.8) is 0 Å². The predicted octanol–water partition coefficient (Wildman–Crippen LogP) is 6.75. The Bertz CT molecular complexity index is 1240. The van der Waals surface area contributed by atoms with Gasteiger partial charge in [-0.25, -0.2) is 14.4 Å². The molecule has 9 nitrogen and oxygen atoms in total. The number of carbonyl (C=O) groups is 3. The molecule has 1 aromatic heterocycles. The average molecular weight is 594 g/mol. The molecule has 0 unspecified atom stereocenters.